The van der Waals surface area contributed by atoms with Gasteiger partial charge in [0.25, 0.3) is 5.69 Å². The van der Waals surface area contributed by atoms with Crippen LogP contribution in [0.25, 0.3) is 16.3 Å². The molecule has 0 saturated heterocycles. The molecular weight excluding hydrogens is 336 g/mol. The van der Waals surface area contributed by atoms with E-state index in [2.05, 4.69) is 24.4 Å². The number of anilines is 1. The van der Waals surface area contributed by atoms with Gasteiger partial charge in [-0.15, -0.1) is 11.3 Å². The van der Waals surface area contributed by atoms with Crippen molar-refractivity contribution in [1.82, 2.24) is 9.78 Å². The van der Waals surface area contributed by atoms with Gasteiger partial charge in [0.15, 0.2) is 0 Å². The van der Waals surface area contributed by atoms with Gasteiger partial charge in [0.2, 0.25) is 0 Å². The molecule has 1 aliphatic heterocycles. The third-order valence-corrected chi connectivity index (χ3v) is 5.42. The largest absolute Gasteiger partial charge is 0.370 e. The second-order valence-corrected chi connectivity index (χ2v) is 7.42. The van der Waals surface area contributed by atoms with Crippen LogP contribution in [-0.2, 0) is 6.42 Å². The molecule has 6 nitrogen and oxygen atoms in total. The van der Waals surface area contributed by atoms with E-state index in [-0.39, 0.29) is 10.6 Å². The van der Waals surface area contributed by atoms with Crippen LogP contribution >= 0.6 is 11.3 Å². The Morgan fingerprint density at radius 3 is 2.84 bits per heavy atom. The number of nitrogens with one attached hydrogen (secondary N) is 1. The SMILES string of the molecule is Cc1ccc(-c2nn(-c3ccccc3[N+](=O)[O-])c3c2CCCCN3)s1. The molecule has 128 valence electrons. The fourth-order valence-corrected chi connectivity index (χ4v) is 4.11. The summed E-state index contributed by atoms with van der Waals surface area (Å²) in [6.07, 6.45) is 3.09. The number of nitro benzene ring substituents is 1. The van der Waals surface area contributed by atoms with Crippen LogP contribution in [0.2, 0.25) is 0 Å². The van der Waals surface area contributed by atoms with Gasteiger partial charge in [0.1, 0.15) is 17.2 Å². The molecule has 0 fully saturated rings. The van der Waals surface area contributed by atoms with Gasteiger partial charge >= 0.3 is 0 Å². The Morgan fingerprint density at radius 1 is 1.24 bits per heavy atom. The fourth-order valence-electron chi connectivity index (χ4n) is 3.23. The molecule has 0 amide bonds. The van der Waals surface area contributed by atoms with E-state index in [0.29, 0.717) is 5.69 Å². The predicted octanol–water partition coefficient (Wildman–Crippen LogP) is 4.57. The summed E-state index contributed by atoms with van der Waals surface area (Å²) in [7, 11) is 0. The number of para-hydroxylation sites is 2. The van der Waals surface area contributed by atoms with Gasteiger partial charge in [-0.1, -0.05) is 12.1 Å². The van der Waals surface area contributed by atoms with Gasteiger partial charge in [0.05, 0.1) is 9.80 Å². The monoisotopic (exact) mass is 354 g/mol. The molecule has 1 N–H and O–H groups in total. The lowest BCUT2D eigenvalue weighted by Crippen LogP contribution is -2.08. The average Bonchev–Trinajstić information content (AvgIpc) is 3.10. The molecule has 2 aromatic heterocycles. The molecule has 7 heteroatoms. The van der Waals surface area contributed by atoms with Gasteiger partial charge in [0, 0.05) is 23.1 Å². The van der Waals surface area contributed by atoms with Crippen LogP contribution in [0.15, 0.2) is 36.4 Å². The Labute approximate surface area is 149 Å². The van der Waals surface area contributed by atoms with Crippen molar-refractivity contribution in [2.45, 2.75) is 26.2 Å². The van der Waals surface area contributed by atoms with Crippen molar-refractivity contribution in [3.63, 3.8) is 0 Å². The number of aromatic nitrogens is 2. The molecule has 3 heterocycles. The highest BCUT2D eigenvalue weighted by molar-refractivity contribution is 7.15. The summed E-state index contributed by atoms with van der Waals surface area (Å²) in [4.78, 5) is 13.4. The van der Waals surface area contributed by atoms with E-state index >= 15 is 0 Å². The Morgan fingerprint density at radius 2 is 2.08 bits per heavy atom. The number of fused-ring (bicyclic) bond motifs is 1. The maximum Gasteiger partial charge on any atom is 0.294 e. The summed E-state index contributed by atoms with van der Waals surface area (Å²) in [5, 5.41) is 19.7. The lowest BCUT2D eigenvalue weighted by molar-refractivity contribution is -0.384. The zero-order chi connectivity index (χ0) is 17.4. The molecule has 0 saturated carbocycles. The van der Waals surface area contributed by atoms with E-state index in [1.165, 1.54) is 10.9 Å². The fraction of sp³-hybridized carbons (Fsp3) is 0.278. The van der Waals surface area contributed by atoms with E-state index in [1.54, 1.807) is 28.2 Å². The molecule has 0 spiro atoms. The van der Waals surface area contributed by atoms with Gasteiger partial charge in [-0.3, -0.25) is 10.1 Å². The molecule has 4 rings (SSSR count). The maximum absolute atomic E-state index is 11.5. The summed E-state index contributed by atoms with van der Waals surface area (Å²) in [5.41, 5.74) is 2.64. The van der Waals surface area contributed by atoms with E-state index in [4.69, 9.17) is 5.10 Å². The number of rotatable bonds is 3. The molecule has 0 unspecified atom stereocenters. The molecular formula is C18H18N4O2S. The van der Waals surface area contributed by atoms with Crippen LogP contribution in [0.3, 0.4) is 0 Å². The molecule has 0 atom stereocenters. The maximum atomic E-state index is 11.5. The smallest absolute Gasteiger partial charge is 0.294 e. The van der Waals surface area contributed by atoms with E-state index in [9.17, 15) is 10.1 Å². The molecule has 0 bridgehead atoms. The van der Waals surface area contributed by atoms with Crippen LogP contribution in [0.5, 0.6) is 0 Å². The summed E-state index contributed by atoms with van der Waals surface area (Å²) in [6, 6.07) is 10.9. The highest BCUT2D eigenvalue weighted by atomic mass is 32.1. The Bertz CT molecular complexity index is 944. The third-order valence-electron chi connectivity index (χ3n) is 4.41. The number of thiophene rings is 1. The number of aryl methyl sites for hydroxylation is 1. The number of benzene rings is 1. The van der Waals surface area contributed by atoms with Crippen molar-refractivity contribution in [2.75, 3.05) is 11.9 Å². The van der Waals surface area contributed by atoms with E-state index in [1.807, 2.05) is 6.07 Å². The molecule has 1 aromatic carbocycles. The number of hydrogen-bond donors (Lipinski definition) is 1. The van der Waals surface area contributed by atoms with Crippen LogP contribution in [-0.4, -0.2) is 21.2 Å². The van der Waals surface area contributed by atoms with Crippen LogP contribution < -0.4 is 5.32 Å². The normalized spacial score (nSPS) is 13.8. The van der Waals surface area contributed by atoms with Crippen molar-refractivity contribution in [3.8, 4) is 16.3 Å². The van der Waals surface area contributed by atoms with Gasteiger partial charge < -0.3 is 5.32 Å². The quantitative estimate of drug-likeness (QED) is 0.552. The lowest BCUT2D eigenvalue weighted by Gasteiger charge is -2.09. The zero-order valence-corrected chi connectivity index (χ0v) is 14.7. The second kappa shape index (κ2) is 6.33. The summed E-state index contributed by atoms with van der Waals surface area (Å²) in [5.74, 6) is 0.882. The first-order valence-corrected chi connectivity index (χ1v) is 9.13. The number of nitro groups is 1. The Hall–Kier alpha value is -2.67. The van der Waals surface area contributed by atoms with Crippen LogP contribution in [0.1, 0.15) is 23.3 Å². The first-order valence-electron chi connectivity index (χ1n) is 8.31. The molecule has 0 aliphatic carbocycles. The Kier molecular flexibility index (Phi) is 4.01. The van der Waals surface area contributed by atoms with Gasteiger partial charge in [-0.25, -0.2) is 4.68 Å². The van der Waals surface area contributed by atoms with Crippen molar-refractivity contribution in [1.29, 1.82) is 0 Å². The molecule has 3 aromatic rings. The lowest BCUT2D eigenvalue weighted by atomic mass is 10.1. The Balaban J connectivity index is 1.95. The van der Waals surface area contributed by atoms with Crippen molar-refractivity contribution < 1.29 is 4.92 Å². The zero-order valence-electron chi connectivity index (χ0n) is 13.9. The van der Waals surface area contributed by atoms with Crippen molar-refractivity contribution >= 4 is 22.8 Å². The minimum Gasteiger partial charge on any atom is -0.370 e. The number of hydrogen-bond acceptors (Lipinski definition) is 5. The minimum absolute atomic E-state index is 0.0627. The minimum atomic E-state index is -0.352. The third kappa shape index (κ3) is 2.80. The highest BCUT2D eigenvalue weighted by Crippen LogP contribution is 2.38. The standard InChI is InChI=1S/C18H18N4O2S/c1-12-9-10-16(25-12)17-13-6-4-5-11-19-18(13)21(20-17)14-7-2-3-8-15(14)22(23)24/h2-3,7-10,19H,4-6,11H2,1H3. The second-order valence-electron chi connectivity index (χ2n) is 6.13. The summed E-state index contributed by atoms with van der Waals surface area (Å²) in [6.45, 7) is 2.92. The predicted molar refractivity (Wildman–Crippen MR) is 99.7 cm³/mol. The molecule has 1 aliphatic rings. The molecule has 0 radical (unpaired) electrons. The average molecular weight is 354 g/mol. The van der Waals surface area contributed by atoms with E-state index < -0.39 is 0 Å². The highest BCUT2D eigenvalue weighted by Gasteiger charge is 2.25. The summed E-state index contributed by atoms with van der Waals surface area (Å²) >= 11 is 1.70. The first-order chi connectivity index (χ1) is 12.1. The van der Waals surface area contributed by atoms with E-state index in [0.717, 1.165) is 47.8 Å². The van der Waals surface area contributed by atoms with Crippen LogP contribution in [0, 0.1) is 17.0 Å². The first kappa shape index (κ1) is 15.8. The van der Waals surface area contributed by atoms with Gasteiger partial charge in [-0.2, -0.15) is 5.10 Å². The van der Waals surface area contributed by atoms with Crippen molar-refractivity contribution in [3.05, 3.63) is 57.0 Å². The van der Waals surface area contributed by atoms with Crippen molar-refractivity contribution in [2.24, 2.45) is 0 Å². The van der Waals surface area contributed by atoms with Gasteiger partial charge in [-0.05, 0) is 44.4 Å². The summed E-state index contributed by atoms with van der Waals surface area (Å²) < 4.78 is 1.71. The molecule has 25 heavy (non-hydrogen) atoms. The van der Waals surface area contributed by atoms with Crippen LogP contribution in [0.4, 0.5) is 11.5 Å². The topological polar surface area (TPSA) is 73.0 Å². The number of nitrogens with zero attached hydrogens (tertiary/aromatic N) is 3.